The Bertz CT molecular complexity index is 475. The monoisotopic (exact) mass is 268 g/mol. The molecule has 2 heterocycles. The van der Waals surface area contributed by atoms with Gasteiger partial charge in [-0.05, 0) is 17.4 Å². The number of aromatic nitrogens is 2. The van der Waals surface area contributed by atoms with E-state index in [2.05, 4.69) is 29.4 Å². The highest BCUT2D eigenvalue weighted by Crippen LogP contribution is 2.22. The van der Waals surface area contributed by atoms with Crippen molar-refractivity contribution in [3.8, 4) is 0 Å². The van der Waals surface area contributed by atoms with Gasteiger partial charge < -0.3 is 11.1 Å². The van der Waals surface area contributed by atoms with Gasteiger partial charge in [0.2, 0.25) is 5.13 Å². The number of rotatable bonds is 5. The SMILES string of the molecule is CC(C)Cc1nnc(NCc2sccc2N)s1. The summed E-state index contributed by atoms with van der Waals surface area (Å²) in [7, 11) is 0. The fourth-order valence-electron chi connectivity index (χ4n) is 1.41. The van der Waals surface area contributed by atoms with E-state index in [0.717, 1.165) is 33.7 Å². The lowest BCUT2D eigenvalue weighted by Crippen LogP contribution is -1.99. The molecule has 92 valence electrons. The Labute approximate surface area is 109 Å². The Morgan fingerprint density at radius 3 is 2.88 bits per heavy atom. The fraction of sp³-hybridized carbons (Fsp3) is 0.455. The maximum Gasteiger partial charge on any atom is 0.205 e. The molecule has 2 aromatic rings. The summed E-state index contributed by atoms with van der Waals surface area (Å²) < 4.78 is 0. The van der Waals surface area contributed by atoms with Crippen molar-refractivity contribution in [2.24, 2.45) is 5.92 Å². The summed E-state index contributed by atoms with van der Waals surface area (Å²) in [4.78, 5) is 1.14. The van der Waals surface area contributed by atoms with E-state index in [1.54, 1.807) is 22.7 Å². The van der Waals surface area contributed by atoms with E-state index in [4.69, 9.17) is 5.73 Å². The zero-order valence-corrected chi connectivity index (χ0v) is 11.6. The Morgan fingerprint density at radius 2 is 2.24 bits per heavy atom. The van der Waals surface area contributed by atoms with Crippen LogP contribution < -0.4 is 11.1 Å². The van der Waals surface area contributed by atoms with Crippen LogP contribution in [0.5, 0.6) is 0 Å². The Morgan fingerprint density at radius 1 is 1.41 bits per heavy atom. The molecule has 0 amide bonds. The first-order chi connectivity index (χ1) is 8.15. The van der Waals surface area contributed by atoms with Crippen molar-refractivity contribution in [3.05, 3.63) is 21.3 Å². The van der Waals surface area contributed by atoms with Crippen molar-refractivity contribution in [1.29, 1.82) is 0 Å². The largest absolute Gasteiger partial charge is 0.398 e. The van der Waals surface area contributed by atoms with Crippen LogP contribution in [0.2, 0.25) is 0 Å². The molecule has 2 rings (SSSR count). The van der Waals surface area contributed by atoms with Gasteiger partial charge in [-0.15, -0.1) is 21.5 Å². The molecule has 2 aromatic heterocycles. The van der Waals surface area contributed by atoms with Gasteiger partial charge in [0, 0.05) is 17.0 Å². The summed E-state index contributed by atoms with van der Waals surface area (Å²) in [6.45, 7) is 5.08. The molecule has 0 saturated heterocycles. The van der Waals surface area contributed by atoms with E-state index < -0.39 is 0 Å². The smallest absolute Gasteiger partial charge is 0.205 e. The molecule has 4 nitrogen and oxygen atoms in total. The molecule has 0 aliphatic rings. The molecular formula is C11H16N4S2. The molecule has 3 N–H and O–H groups in total. The van der Waals surface area contributed by atoms with Crippen molar-refractivity contribution in [2.75, 3.05) is 11.1 Å². The standard InChI is InChI=1S/C11H16N4S2/c1-7(2)5-10-14-15-11(17-10)13-6-9-8(12)3-4-16-9/h3-4,7H,5-6,12H2,1-2H3,(H,13,15). The molecule has 0 radical (unpaired) electrons. The van der Waals surface area contributed by atoms with Crippen LogP contribution in [0.15, 0.2) is 11.4 Å². The molecule has 0 atom stereocenters. The second-order valence-corrected chi connectivity index (χ2v) is 6.31. The fourth-order valence-corrected chi connectivity index (χ4v) is 3.09. The summed E-state index contributed by atoms with van der Waals surface area (Å²) in [6, 6.07) is 1.92. The van der Waals surface area contributed by atoms with E-state index in [9.17, 15) is 0 Å². The molecule has 0 unspecified atom stereocenters. The van der Waals surface area contributed by atoms with Gasteiger partial charge in [-0.3, -0.25) is 0 Å². The highest BCUT2D eigenvalue weighted by molar-refractivity contribution is 7.15. The van der Waals surface area contributed by atoms with Crippen LogP contribution in [0.1, 0.15) is 23.7 Å². The van der Waals surface area contributed by atoms with Crippen molar-refractivity contribution in [3.63, 3.8) is 0 Å². The second-order valence-electron chi connectivity index (χ2n) is 4.25. The average molecular weight is 268 g/mol. The minimum absolute atomic E-state index is 0.615. The number of nitrogens with one attached hydrogen (secondary N) is 1. The molecular weight excluding hydrogens is 252 g/mol. The molecule has 0 aliphatic carbocycles. The molecule has 0 bridgehead atoms. The summed E-state index contributed by atoms with van der Waals surface area (Å²) in [5.74, 6) is 0.615. The van der Waals surface area contributed by atoms with Crippen LogP contribution in [0.4, 0.5) is 10.8 Å². The maximum atomic E-state index is 5.81. The summed E-state index contributed by atoms with van der Waals surface area (Å²) >= 11 is 3.27. The number of thiophene rings is 1. The number of nitrogens with two attached hydrogens (primary N) is 1. The van der Waals surface area contributed by atoms with Crippen molar-refractivity contribution >= 4 is 33.5 Å². The lowest BCUT2D eigenvalue weighted by Gasteiger charge is -2.00. The first-order valence-electron chi connectivity index (χ1n) is 5.53. The summed E-state index contributed by atoms with van der Waals surface area (Å²) in [6.07, 6.45) is 0.987. The Kier molecular flexibility index (Phi) is 3.96. The number of hydrogen-bond acceptors (Lipinski definition) is 6. The Balaban J connectivity index is 1.91. The highest BCUT2D eigenvalue weighted by Gasteiger charge is 2.07. The third kappa shape index (κ3) is 3.41. The first kappa shape index (κ1) is 12.3. The average Bonchev–Trinajstić information content (AvgIpc) is 2.84. The molecule has 17 heavy (non-hydrogen) atoms. The van der Waals surface area contributed by atoms with Crippen LogP contribution in [0, 0.1) is 5.92 Å². The predicted molar refractivity (Wildman–Crippen MR) is 74.5 cm³/mol. The van der Waals surface area contributed by atoms with E-state index >= 15 is 0 Å². The van der Waals surface area contributed by atoms with E-state index in [-0.39, 0.29) is 0 Å². The lowest BCUT2D eigenvalue weighted by molar-refractivity contribution is 0.640. The molecule has 0 spiro atoms. The summed E-state index contributed by atoms with van der Waals surface area (Å²) in [5.41, 5.74) is 6.66. The number of nitrogens with zero attached hydrogens (tertiary/aromatic N) is 2. The van der Waals surface area contributed by atoms with E-state index in [0.29, 0.717) is 5.92 Å². The summed E-state index contributed by atoms with van der Waals surface area (Å²) in [5, 5.41) is 15.5. The van der Waals surface area contributed by atoms with Crippen molar-refractivity contribution in [2.45, 2.75) is 26.8 Å². The van der Waals surface area contributed by atoms with E-state index in [1.165, 1.54) is 0 Å². The number of hydrogen-bond donors (Lipinski definition) is 2. The minimum atomic E-state index is 0.615. The third-order valence-corrected chi connectivity index (χ3v) is 4.07. The van der Waals surface area contributed by atoms with Gasteiger partial charge in [-0.1, -0.05) is 25.2 Å². The van der Waals surface area contributed by atoms with E-state index in [1.807, 2.05) is 11.4 Å². The van der Waals surface area contributed by atoms with Crippen LogP contribution in [0.25, 0.3) is 0 Å². The first-order valence-corrected chi connectivity index (χ1v) is 7.23. The van der Waals surface area contributed by atoms with Gasteiger partial charge in [0.25, 0.3) is 0 Å². The van der Waals surface area contributed by atoms with Gasteiger partial charge >= 0.3 is 0 Å². The highest BCUT2D eigenvalue weighted by atomic mass is 32.1. The van der Waals surface area contributed by atoms with Crippen LogP contribution >= 0.6 is 22.7 Å². The van der Waals surface area contributed by atoms with Crippen LogP contribution in [0.3, 0.4) is 0 Å². The van der Waals surface area contributed by atoms with Gasteiger partial charge in [-0.25, -0.2) is 0 Å². The number of anilines is 2. The molecule has 0 fully saturated rings. The molecule has 6 heteroatoms. The normalized spacial score (nSPS) is 11.0. The van der Waals surface area contributed by atoms with Gasteiger partial charge in [-0.2, -0.15) is 0 Å². The quantitative estimate of drug-likeness (QED) is 0.875. The van der Waals surface area contributed by atoms with Crippen molar-refractivity contribution < 1.29 is 0 Å². The van der Waals surface area contributed by atoms with Gasteiger partial charge in [0.15, 0.2) is 0 Å². The molecule has 0 saturated carbocycles. The topological polar surface area (TPSA) is 63.8 Å². The maximum absolute atomic E-state index is 5.81. The van der Waals surface area contributed by atoms with Crippen molar-refractivity contribution in [1.82, 2.24) is 10.2 Å². The zero-order valence-electron chi connectivity index (χ0n) is 9.93. The Hall–Kier alpha value is -1.14. The van der Waals surface area contributed by atoms with Gasteiger partial charge in [0.1, 0.15) is 5.01 Å². The van der Waals surface area contributed by atoms with Gasteiger partial charge in [0.05, 0.1) is 6.54 Å². The second kappa shape index (κ2) is 5.46. The molecule has 0 aromatic carbocycles. The zero-order chi connectivity index (χ0) is 12.3. The van der Waals surface area contributed by atoms with Crippen LogP contribution in [-0.4, -0.2) is 10.2 Å². The lowest BCUT2D eigenvalue weighted by atomic mass is 10.1. The predicted octanol–water partition coefficient (Wildman–Crippen LogP) is 2.99. The molecule has 0 aliphatic heterocycles. The number of nitrogen functional groups attached to an aromatic ring is 1. The van der Waals surface area contributed by atoms with Crippen LogP contribution in [-0.2, 0) is 13.0 Å². The minimum Gasteiger partial charge on any atom is -0.398 e. The third-order valence-electron chi connectivity index (χ3n) is 2.23.